The first-order valence-corrected chi connectivity index (χ1v) is 5.71. The van der Waals surface area contributed by atoms with E-state index >= 15 is 0 Å². The van der Waals surface area contributed by atoms with Crippen LogP contribution in [-0.2, 0) is 12.7 Å². The molecule has 6 heteroatoms. The summed E-state index contributed by atoms with van der Waals surface area (Å²) in [5.74, 6) is -0.872. The van der Waals surface area contributed by atoms with Gasteiger partial charge in [0.05, 0.1) is 5.56 Å². The Balaban J connectivity index is 2.58. The smallest absolute Gasteiger partial charge is 0.330 e. The predicted molar refractivity (Wildman–Crippen MR) is 61.4 cm³/mol. The van der Waals surface area contributed by atoms with Gasteiger partial charge in [0.1, 0.15) is 5.82 Å². The molecule has 3 N–H and O–H groups in total. The summed E-state index contributed by atoms with van der Waals surface area (Å²) in [5, 5.41) is 2.95. The Morgan fingerprint density at radius 1 is 1.11 bits per heavy atom. The third-order valence-electron chi connectivity index (χ3n) is 2.42. The highest BCUT2D eigenvalue weighted by atomic mass is 19.4. The summed E-state index contributed by atoms with van der Waals surface area (Å²) in [6.45, 7) is 1.44. The van der Waals surface area contributed by atoms with Crippen molar-refractivity contribution in [3.8, 4) is 0 Å². The van der Waals surface area contributed by atoms with Gasteiger partial charge in [0.15, 0.2) is 0 Å². The molecule has 0 aromatic heterocycles. The van der Waals surface area contributed by atoms with Crippen LogP contribution in [0.25, 0.3) is 0 Å². The van der Waals surface area contributed by atoms with Gasteiger partial charge in [0.2, 0.25) is 0 Å². The topological polar surface area (TPSA) is 38.0 Å². The fourth-order valence-corrected chi connectivity index (χ4v) is 1.54. The van der Waals surface area contributed by atoms with Crippen molar-refractivity contribution in [1.29, 1.82) is 0 Å². The minimum absolute atomic E-state index is 0.214. The van der Waals surface area contributed by atoms with Crippen LogP contribution in [0.4, 0.5) is 17.6 Å². The lowest BCUT2D eigenvalue weighted by atomic mass is 10.1. The molecule has 1 aromatic carbocycles. The second kappa shape index (κ2) is 6.70. The van der Waals surface area contributed by atoms with Gasteiger partial charge in [0.25, 0.3) is 0 Å². The number of benzene rings is 1. The quantitative estimate of drug-likeness (QED) is 0.612. The number of nitrogens with one attached hydrogen (secondary N) is 1. The maximum Gasteiger partial charge on any atom is 0.416 e. The van der Waals surface area contributed by atoms with Crippen LogP contribution in [-0.4, -0.2) is 13.1 Å². The summed E-state index contributed by atoms with van der Waals surface area (Å²) in [6.07, 6.45) is -2.82. The number of hydrogen-bond donors (Lipinski definition) is 2. The maximum atomic E-state index is 13.0. The van der Waals surface area contributed by atoms with E-state index in [1.54, 1.807) is 0 Å². The van der Waals surface area contributed by atoms with E-state index in [2.05, 4.69) is 5.32 Å². The fraction of sp³-hybridized carbons (Fsp3) is 0.500. The molecule has 0 atom stereocenters. The maximum absolute atomic E-state index is 13.0. The fourth-order valence-electron chi connectivity index (χ4n) is 1.54. The summed E-state index contributed by atoms with van der Waals surface area (Å²) >= 11 is 0. The van der Waals surface area contributed by atoms with Crippen LogP contribution in [0.1, 0.15) is 24.0 Å². The first-order valence-electron chi connectivity index (χ1n) is 5.71. The van der Waals surface area contributed by atoms with Crippen molar-refractivity contribution in [3.05, 3.63) is 35.1 Å². The normalized spacial score (nSPS) is 11.8. The highest BCUT2D eigenvalue weighted by molar-refractivity contribution is 5.26. The lowest BCUT2D eigenvalue weighted by Crippen LogP contribution is -2.16. The van der Waals surface area contributed by atoms with Gasteiger partial charge >= 0.3 is 6.18 Å². The van der Waals surface area contributed by atoms with Crippen molar-refractivity contribution < 1.29 is 17.6 Å². The summed E-state index contributed by atoms with van der Waals surface area (Å²) in [4.78, 5) is 0. The van der Waals surface area contributed by atoms with E-state index in [1.165, 1.54) is 0 Å². The molecule has 0 bridgehead atoms. The molecule has 1 rings (SSSR count). The second-order valence-corrected chi connectivity index (χ2v) is 4.02. The molecule has 0 aliphatic rings. The molecule has 0 radical (unpaired) electrons. The largest absolute Gasteiger partial charge is 0.416 e. The van der Waals surface area contributed by atoms with Gasteiger partial charge < -0.3 is 11.1 Å². The van der Waals surface area contributed by atoms with Crippen molar-refractivity contribution in [2.75, 3.05) is 13.1 Å². The van der Waals surface area contributed by atoms with E-state index in [1.807, 2.05) is 0 Å². The molecule has 0 aliphatic carbocycles. The third-order valence-corrected chi connectivity index (χ3v) is 2.42. The Labute approximate surface area is 103 Å². The molecule has 0 heterocycles. The molecule has 0 amide bonds. The zero-order valence-corrected chi connectivity index (χ0v) is 9.86. The van der Waals surface area contributed by atoms with E-state index < -0.39 is 17.6 Å². The van der Waals surface area contributed by atoms with E-state index in [0.29, 0.717) is 19.2 Å². The van der Waals surface area contributed by atoms with Gasteiger partial charge in [-0.1, -0.05) is 0 Å². The van der Waals surface area contributed by atoms with E-state index in [4.69, 9.17) is 5.73 Å². The van der Waals surface area contributed by atoms with Gasteiger partial charge in [-0.25, -0.2) is 4.39 Å². The molecule has 18 heavy (non-hydrogen) atoms. The molecule has 0 saturated heterocycles. The first kappa shape index (κ1) is 14.9. The van der Waals surface area contributed by atoms with Crippen LogP contribution < -0.4 is 11.1 Å². The Hall–Kier alpha value is -1.14. The SMILES string of the molecule is NCCCCNCc1cc(F)cc(C(F)(F)F)c1. The molecule has 0 saturated carbocycles. The monoisotopic (exact) mass is 264 g/mol. The first-order chi connectivity index (χ1) is 8.43. The van der Waals surface area contributed by atoms with E-state index in [-0.39, 0.29) is 12.1 Å². The summed E-state index contributed by atoms with van der Waals surface area (Å²) in [5.41, 5.74) is 4.64. The molecule has 1 aromatic rings. The van der Waals surface area contributed by atoms with Gasteiger partial charge in [0, 0.05) is 6.54 Å². The predicted octanol–water partition coefficient (Wildman–Crippen LogP) is 2.67. The molecule has 2 nitrogen and oxygen atoms in total. The number of alkyl halides is 3. The molecule has 0 aliphatic heterocycles. The summed E-state index contributed by atoms with van der Waals surface area (Å²) in [6, 6.07) is 2.56. The van der Waals surface area contributed by atoms with Crippen molar-refractivity contribution >= 4 is 0 Å². The van der Waals surface area contributed by atoms with Crippen LogP contribution >= 0.6 is 0 Å². The van der Waals surface area contributed by atoms with Crippen molar-refractivity contribution in [1.82, 2.24) is 5.32 Å². The summed E-state index contributed by atoms with van der Waals surface area (Å²) < 4.78 is 50.4. The van der Waals surface area contributed by atoms with Crippen LogP contribution in [0.15, 0.2) is 18.2 Å². The zero-order chi connectivity index (χ0) is 13.6. The highest BCUT2D eigenvalue weighted by Crippen LogP contribution is 2.30. The highest BCUT2D eigenvalue weighted by Gasteiger charge is 2.31. The van der Waals surface area contributed by atoms with E-state index in [0.717, 1.165) is 25.0 Å². The Bertz CT molecular complexity index is 377. The van der Waals surface area contributed by atoms with Gasteiger partial charge in [-0.05, 0) is 49.7 Å². The van der Waals surface area contributed by atoms with Crippen LogP contribution in [0.2, 0.25) is 0 Å². The molecule has 0 unspecified atom stereocenters. The van der Waals surface area contributed by atoms with Crippen molar-refractivity contribution in [2.45, 2.75) is 25.6 Å². The minimum Gasteiger partial charge on any atom is -0.330 e. The minimum atomic E-state index is -4.52. The standard InChI is InChI=1S/C12H16F4N2/c13-11-6-9(8-18-4-2-1-3-17)5-10(7-11)12(14,15)16/h5-7,18H,1-4,8,17H2. The van der Waals surface area contributed by atoms with Gasteiger partial charge in [-0.3, -0.25) is 0 Å². The Kier molecular flexibility index (Phi) is 5.55. The number of halogens is 4. The van der Waals surface area contributed by atoms with Crippen molar-refractivity contribution in [2.24, 2.45) is 5.73 Å². The second-order valence-electron chi connectivity index (χ2n) is 4.02. The summed E-state index contributed by atoms with van der Waals surface area (Å²) in [7, 11) is 0. The zero-order valence-electron chi connectivity index (χ0n) is 9.86. The lowest BCUT2D eigenvalue weighted by molar-refractivity contribution is -0.137. The average Bonchev–Trinajstić information content (AvgIpc) is 2.27. The Morgan fingerprint density at radius 3 is 2.44 bits per heavy atom. The number of unbranched alkanes of at least 4 members (excludes halogenated alkanes) is 1. The number of nitrogens with two attached hydrogens (primary N) is 1. The lowest BCUT2D eigenvalue weighted by Gasteiger charge is -2.10. The Morgan fingerprint density at radius 2 is 1.83 bits per heavy atom. The van der Waals surface area contributed by atoms with Gasteiger partial charge in [-0.15, -0.1) is 0 Å². The van der Waals surface area contributed by atoms with E-state index in [9.17, 15) is 17.6 Å². The van der Waals surface area contributed by atoms with Crippen molar-refractivity contribution in [3.63, 3.8) is 0 Å². The molecular formula is C12H16F4N2. The molecule has 0 fully saturated rings. The van der Waals surface area contributed by atoms with Gasteiger partial charge in [-0.2, -0.15) is 13.2 Å². The molecule has 102 valence electrons. The van der Waals surface area contributed by atoms with Crippen LogP contribution in [0.5, 0.6) is 0 Å². The third kappa shape index (κ3) is 5.01. The number of rotatable bonds is 6. The molecular weight excluding hydrogens is 248 g/mol. The molecule has 0 spiro atoms. The van der Waals surface area contributed by atoms with Crippen LogP contribution in [0.3, 0.4) is 0 Å². The van der Waals surface area contributed by atoms with Crippen LogP contribution in [0, 0.1) is 5.82 Å². The number of hydrogen-bond acceptors (Lipinski definition) is 2. The average molecular weight is 264 g/mol.